The maximum absolute atomic E-state index is 11.0. The van der Waals surface area contributed by atoms with Crippen molar-refractivity contribution >= 4 is 0 Å². The van der Waals surface area contributed by atoms with E-state index < -0.39 is 5.60 Å². The van der Waals surface area contributed by atoms with Gasteiger partial charge in [0.2, 0.25) is 0 Å². The number of hydrogen-bond donors (Lipinski definition) is 1. The lowest BCUT2D eigenvalue weighted by atomic mass is 9.82. The largest absolute Gasteiger partial charge is 0.375 e. The predicted molar refractivity (Wildman–Crippen MR) is 89.1 cm³/mol. The van der Waals surface area contributed by atoms with Gasteiger partial charge in [-0.05, 0) is 39.2 Å². The van der Waals surface area contributed by atoms with E-state index in [0.29, 0.717) is 6.61 Å². The molecule has 1 fully saturated rings. The van der Waals surface area contributed by atoms with Gasteiger partial charge in [0.05, 0.1) is 12.2 Å². The molecule has 0 aromatic carbocycles. The highest BCUT2D eigenvalue weighted by Gasteiger charge is 2.42. The monoisotopic (exact) mass is 292 g/mol. The fourth-order valence-corrected chi connectivity index (χ4v) is 2.65. The molecule has 1 aliphatic heterocycles. The van der Waals surface area contributed by atoms with Gasteiger partial charge in [-0.1, -0.05) is 51.0 Å². The van der Waals surface area contributed by atoms with Crippen LogP contribution in [0.15, 0.2) is 12.2 Å². The fraction of sp³-hybridized carbons (Fsp3) is 0.789. The van der Waals surface area contributed by atoms with Crippen molar-refractivity contribution in [2.45, 2.75) is 83.8 Å². The van der Waals surface area contributed by atoms with Gasteiger partial charge in [0.1, 0.15) is 5.60 Å². The van der Waals surface area contributed by atoms with E-state index in [-0.39, 0.29) is 11.5 Å². The number of allylic oxidation sites excluding steroid dienone is 1. The molecule has 0 radical (unpaired) electrons. The van der Waals surface area contributed by atoms with E-state index in [1.807, 2.05) is 6.08 Å². The van der Waals surface area contributed by atoms with Crippen LogP contribution in [0.4, 0.5) is 0 Å². The SMILES string of the molecule is CCCCC#C[C@](O)(/C=C/CCCC)[C@@H]1COC(C)(C)C1. The van der Waals surface area contributed by atoms with E-state index in [1.54, 1.807) is 0 Å². The lowest BCUT2D eigenvalue weighted by Gasteiger charge is -2.25. The van der Waals surface area contributed by atoms with Crippen LogP contribution in [0, 0.1) is 17.8 Å². The molecule has 1 rings (SSSR count). The quantitative estimate of drug-likeness (QED) is 0.426. The summed E-state index contributed by atoms with van der Waals surface area (Å²) in [5.74, 6) is 6.36. The third-order valence-electron chi connectivity index (χ3n) is 4.08. The molecule has 0 amide bonds. The lowest BCUT2D eigenvalue weighted by Crippen LogP contribution is -2.35. The van der Waals surface area contributed by atoms with Crippen molar-refractivity contribution in [3.63, 3.8) is 0 Å². The molecule has 0 saturated carbocycles. The number of aliphatic hydroxyl groups is 1. The topological polar surface area (TPSA) is 29.5 Å². The molecule has 2 nitrogen and oxygen atoms in total. The minimum absolute atomic E-state index is 0.0690. The van der Waals surface area contributed by atoms with E-state index in [4.69, 9.17) is 4.74 Å². The predicted octanol–water partition coefficient (Wildman–Crippen LogP) is 4.47. The average Bonchev–Trinajstić information content (AvgIpc) is 2.81. The summed E-state index contributed by atoms with van der Waals surface area (Å²) in [4.78, 5) is 0. The van der Waals surface area contributed by atoms with Gasteiger partial charge in [0.15, 0.2) is 0 Å². The molecular formula is C19H32O2. The third-order valence-corrected chi connectivity index (χ3v) is 4.08. The molecule has 120 valence electrons. The van der Waals surface area contributed by atoms with Crippen LogP contribution in [0.25, 0.3) is 0 Å². The molecule has 1 aliphatic rings. The van der Waals surface area contributed by atoms with Crippen LogP contribution in [0.5, 0.6) is 0 Å². The molecule has 1 saturated heterocycles. The Balaban J connectivity index is 2.77. The average molecular weight is 292 g/mol. The summed E-state index contributed by atoms with van der Waals surface area (Å²) in [5.41, 5.74) is -1.18. The van der Waals surface area contributed by atoms with Crippen LogP contribution in [0.1, 0.15) is 72.6 Å². The van der Waals surface area contributed by atoms with Crippen LogP contribution in [-0.2, 0) is 4.74 Å². The summed E-state index contributed by atoms with van der Waals surface area (Å²) in [6.07, 6.45) is 11.3. The first kappa shape index (κ1) is 18.3. The summed E-state index contributed by atoms with van der Waals surface area (Å²) in [5, 5.41) is 11.0. The van der Waals surface area contributed by atoms with E-state index in [9.17, 15) is 5.11 Å². The zero-order chi connectivity index (χ0) is 15.8. The van der Waals surface area contributed by atoms with Gasteiger partial charge < -0.3 is 9.84 Å². The third kappa shape index (κ3) is 6.24. The van der Waals surface area contributed by atoms with Crippen molar-refractivity contribution in [3.05, 3.63) is 12.2 Å². The number of ether oxygens (including phenoxy) is 1. The molecule has 0 aromatic heterocycles. The first-order valence-electron chi connectivity index (χ1n) is 8.47. The van der Waals surface area contributed by atoms with Gasteiger partial charge in [-0.2, -0.15) is 0 Å². The highest BCUT2D eigenvalue weighted by Crippen LogP contribution is 2.36. The summed E-state index contributed by atoms with van der Waals surface area (Å²) in [6, 6.07) is 0. The molecule has 0 spiro atoms. The van der Waals surface area contributed by atoms with Crippen LogP contribution in [-0.4, -0.2) is 22.9 Å². The van der Waals surface area contributed by atoms with Gasteiger partial charge in [-0.15, -0.1) is 0 Å². The Labute approximate surface area is 131 Å². The molecule has 0 aliphatic carbocycles. The van der Waals surface area contributed by atoms with E-state index in [2.05, 4.69) is 45.6 Å². The normalized spacial score (nSPS) is 23.8. The molecule has 2 atom stereocenters. The number of hydrogen-bond acceptors (Lipinski definition) is 2. The Hall–Kier alpha value is -0.780. The smallest absolute Gasteiger partial charge is 0.149 e. The maximum atomic E-state index is 11.0. The lowest BCUT2D eigenvalue weighted by molar-refractivity contribution is 0.0270. The number of rotatable bonds is 7. The Bertz CT molecular complexity index is 386. The van der Waals surface area contributed by atoms with Crippen LogP contribution in [0.3, 0.4) is 0 Å². The zero-order valence-electron chi connectivity index (χ0n) is 14.2. The second-order valence-corrected chi connectivity index (χ2v) is 6.75. The first-order chi connectivity index (χ1) is 9.93. The van der Waals surface area contributed by atoms with Gasteiger partial charge in [0, 0.05) is 12.3 Å². The second kappa shape index (κ2) is 8.61. The summed E-state index contributed by atoms with van der Waals surface area (Å²) in [6.45, 7) is 9.09. The Kier molecular flexibility index (Phi) is 7.49. The minimum Gasteiger partial charge on any atom is -0.375 e. The molecule has 0 unspecified atom stereocenters. The highest BCUT2D eigenvalue weighted by atomic mass is 16.5. The summed E-state index contributed by atoms with van der Waals surface area (Å²) in [7, 11) is 0. The van der Waals surface area contributed by atoms with Crippen molar-refractivity contribution < 1.29 is 9.84 Å². The molecule has 1 heterocycles. The Morgan fingerprint density at radius 3 is 2.57 bits per heavy atom. The van der Waals surface area contributed by atoms with Crippen LogP contribution >= 0.6 is 0 Å². The van der Waals surface area contributed by atoms with Gasteiger partial charge >= 0.3 is 0 Å². The molecule has 2 heteroatoms. The maximum Gasteiger partial charge on any atom is 0.149 e. The van der Waals surface area contributed by atoms with E-state index in [1.165, 1.54) is 6.42 Å². The van der Waals surface area contributed by atoms with Gasteiger partial charge in [-0.25, -0.2) is 0 Å². The van der Waals surface area contributed by atoms with E-state index >= 15 is 0 Å². The fourth-order valence-electron chi connectivity index (χ4n) is 2.65. The van der Waals surface area contributed by atoms with Crippen molar-refractivity contribution in [2.24, 2.45) is 5.92 Å². The van der Waals surface area contributed by atoms with Crippen molar-refractivity contribution in [1.82, 2.24) is 0 Å². The second-order valence-electron chi connectivity index (χ2n) is 6.75. The Morgan fingerprint density at radius 1 is 1.29 bits per heavy atom. The van der Waals surface area contributed by atoms with Crippen molar-refractivity contribution in [2.75, 3.05) is 6.61 Å². The summed E-state index contributed by atoms with van der Waals surface area (Å²) < 4.78 is 5.79. The minimum atomic E-state index is -1.03. The Morgan fingerprint density at radius 2 is 2.00 bits per heavy atom. The number of unbranched alkanes of at least 4 members (excludes halogenated alkanes) is 4. The molecule has 1 N–H and O–H groups in total. The van der Waals surface area contributed by atoms with Crippen molar-refractivity contribution in [3.8, 4) is 11.8 Å². The zero-order valence-corrected chi connectivity index (χ0v) is 14.2. The molecule has 0 bridgehead atoms. The van der Waals surface area contributed by atoms with Gasteiger partial charge in [-0.3, -0.25) is 0 Å². The highest BCUT2D eigenvalue weighted by molar-refractivity contribution is 5.26. The van der Waals surface area contributed by atoms with Crippen molar-refractivity contribution in [1.29, 1.82) is 0 Å². The van der Waals surface area contributed by atoms with Crippen LogP contribution < -0.4 is 0 Å². The standard InChI is InChI=1S/C19H32O2/c1-5-7-9-11-13-19(20,14-12-10-8-6-2)17-15-18(3,4)21-16-17/h11,13,17,20H,5-10,15-16H2,1-4H3/b13-11+/t17-,19+/m0/s1. The first-order valence-corrected chi connectivity index (χ1v) is 8.47. The van der Waals surface area contributed by atoms with Crippen LogP contribution in [0.2, 0.25) is 0 Å². The molecule has 0 aromatic rings. The summed E-state index contributed by atoms with van der Waals surface area (Å²) >= 11 is 0. The van der Waals surface area contributed by atoms with Gasteiger partial charge in [0.25, 0.3) is 0 Å². The van der Waals surface area contributed by atoms with E-state index in [0.717, 1.165) is 38.5 Å². The molecular weight excluding hydrogens is 260 g/mol. The molecule has 21 heavy (non-hydrogen) atoms.